The van der Waals surface area contributed by atoms with E-state index in [1.165, 1.54) is 36.8 Å². The van der Waals surface area contributed by atoms with Crippen LogP contribution in [0, 0.1) is 18.8 Å². The van der Waals surface area contributed by atoms with Crippen LogP contribution in [0.2, 0.25) is 0 Å². The molecule has 2 aromatic carbocycles. The Morgan fingerprint density at radius 3 is 2.33 bits per heavy atom. The first-order chi connectivity index (χ1) is 14.7. The minimum atomic E-state index is 0.476. The SMILES string of the molecule is CCCCOOCc1ccc(OCC2CCC(C=Cc3ccc(C)cc3)CC2)cc1. The molecule has 0 unspecified atom stereocenters. The first-order valence-corrected chi connectivity index (χ1v) is 11.4. The van der Waals surface area contributed by atoms with Gasteiger partial charge >= 0.3 is 0 Å². The van der Waals surface area contributed by atoms with Crippen molar-refractivity contribution in [1.29, 1.82) is 0 Å². The van der Waals surface area contributed by atoms with Crippen LogP contribution in [-0.4, -0.2) is 13.2 Å². The summed E-state index contributed by atoms with van der Waals surface area (Å²) in [4.78, 5) is 10.4. The van der Waals surface area contributed by atoms with E-state index in [9.17, 15) is 0 Å². The largest absolute Gasteiger partial charge is 0.493 e. The van der Waals surface area contributed by atoms with Gasteiger partial charge in [-0.05, 0) is 74.1 Å². The molecule has 30 heavy (non-hydrogen) atoms. The molecule has 162 valence electrons. The van der Waals surface area contributed by atoms with E-state index in [0.717, 1.165) is 30.8 Å². The van der Waals surface area contributed by atoms with Crippen LogP contribution in [0.25, 0.3) is 6.08 Å². The smallest absolute Gasteiger partial charge is 0.119 e. The number of aryl methyl sites for hydroxylation is 1. The van der Waals surface area contributed by atoms with Crippen molar-refractivity contribution in [3.8, 4) is 5.75 Å². The minimum absolute atomic E-state index is 0.476. The third-order valence-electron chi connectivity index (χ3n) is 5.83. The standard InChI is InChI=1S/C27H36O3/c1-3-4-19-29-30-21-26-15-17-27(18-16-26)28-20-25-13-11-24(12-14-25)10-9-23-7-5-22(2)6-8-23/h5-10,15-18,24-25H,3-4,11-14,19-21H2,1-2H3. The Hall–Kier alpha value is -2.10. The second-order valence-electron chi connectivity index (χ2n) is 8.44. The summed E-state index contributed by atoms with van der Waals surface area (Å²) >= 11 is 0. The summed E-state index contributed by atoms with van der Waals surface area (Å²) in [6, 6.07) is 16.9. The van der Waals surface area contributed by atoms with Crippen molar-refractivity contribution in [1.82, 2.24) is 0 Å². The van der Waals surface area contributed by atoms with Crippen LogP contribution in [0.5, 0.6) is 5.75 Å². The Bertz CT molecular complexity index is 741. The maximum absolute atomic E-state index is 6.04. The van der Waals surface area contributed by atoms with Gasteiger partial charge in [-0.3, -0.25) is 0 Å². The first kappa shape index (κ1) is 22.6. The normalized spacial score (nSPS) is 19.3. The summed E-state index contributed by atoms with van der Waals surface area (Å²) in [5.41, 5.74) is 3.71. The number of rotatable bonds is 11. The third kappa shape index (κ3) is 7.97. The molecular formula is C27H36O3. The molecule has 0 spiro atoms. The van der Waals surface area contributed by atoms with E-state index >= 15 is 0 Å². The molecule has 3 rings (SSSR count). The molecule has 0 atom stereocenters. The fourth-order valence-electron chi connectivity index (χ4n) is 3.74. The zero-order valence-corrected chi connectivity index (χ0v) is 18.5. The average Bonchev–Trinajstić information content (AvgIpc) is 2.79. The zero-order valence-electron chi connectivity index (χ0n) is 18.5. The molecule has 0 bridgehead atoms. The van der Waals surface area contributed by atoms with E-state index in [-0.39, 0.29) is 0 Å². The van der Waals surface area contributed by atoms with Gasteiger partial charge in [-0.25, -0.2) is 9.78 Å². The highest BCUT2D eigenvalue weighted by molar-refractivity contribution is 5.49. The Morgan fingerprint density at radius 2 is 1.63 bits per heavy atom. The van der Waals surface area contributed by atoms with E-state index in [1.807, 2.05) is 24.3 Å². The van der Waals surface area contributed by atoms with Gasteiger partial charge in [0.25, 0.3) is 0 Å². The number of hydrogen-bond acceptors (Lipinski definition) is 3. The Balaban J connectivity index is 1.33. The van der Waals surface area contributed by atoms with Gasteiger partial charge < -0.3 is 4.74 Å². The Labute approximate surface area is 182 Å². The highest BCUT2D eigenvalue weighted by Gasteiger charge is 2.20. The predicted molar refractivity (Wildman–Crippen MR) is 123 cm³/mol. The summed E-state index contributed by atoms with van der Waals surface area (Å²) in [6.45, 7) is 6.21. The van der Waals surface area contributed by atoms with Gasteiger partial charge in [0.2, 0.25) is 0 Å². The molecule has 0 amide bonds. The van der Waals surface area contributed by atoms with Gasteiger partial charge in [0.15, 0.2) is 0 Å². The molecule has 1 aliphatic carbocycles. The second kappa shape index (κ2) is 12.6. The molecule has 1 aliphatic rings. The molecule has 3 heteroatoms. The van der Waals surface area contributed by atoms with Gasteiger partial charge in [0.1, 0.15) is 12.4 Å². The molecule has 2 aromatic rings. The van der Waals surface area contributed by atoms with E-state index in [4.69, 9.17) is 14.5 Å². The van der Waals surface area contributed by atoms with Crippen molar-refractivity contribution in [2.75, 3.05) is 13.2 Å². The molecular weight excluding hydrogens is 372 g/mol. The minimum Gasteiger partial charge on any atom is -0.493 e. The molecule has 0 radical (unpaired) electrons. The highest BCUT2D eigenvalue weighted by Crippen LogP contribution is 2.30. The predicted octanol–water partition coefficient (Wildman–Crippen LogP) is 7.14. The van der Waals surface area contributed by atoms with E-state index in [2.05, 4.69) is 50.3 Å². The Kier molecular flexibility index (Phi) is 9.46. The third-order valence-corrected chi connectivity index (χ3v) is 5.83. The van der Waals surface area contributed by atoms with Crippen molar-refractivity contribution in [3.63, 3.8) is 0 Å². The molecule has 3 nitrogen and oxygen atoms in total. The van der Waals surface area contributed by atoms with Gasteiger partial charge in [-0.1, -0.05) is 67.5 Å². The second-order valence-corrected chi connectivity index (χ2v) is 8.44. The number of benzene rings is 2. The van der Waals surface area contributed by atoms with Crippen LogP contribution in [0.1, 0.15) is 62.1 Å². The van der Waals surface area contributed by atoms with Crippen molar-refractivity contribution < 1.29 is 14.5 Å². The Morgan fingerprint density at radius 1 is 0.900 bits per heavy atom. The fraction of sp³-hybridized carbons (Fsp3) is 0.481. The lowest BCUT2D eigenvalue weighted by atomic mass is 9.82. The van der Waals surface area contributed by atoms with Gasteiger partial charge in [-0.15, -0.1) is 0 Å². The summed E-state index contributed by atoms with van der Waals surface area (Å²) in [5.74, 6) is 2.29. The van der Waals surface area contributed by atoms with Crippen LogP contribution in [0.3, 0.4) is 0 Å². The maximum atomic E-state index is 6.04. The number of allylic oxidation sites excluding steroid dienone is 1. The molecule has 0 aliphatic heterocycles. The lowest BCUT2D eigenvalue weighted by Crippen LogP contribution is -2.19. The lowest BCUT2D eigenvalue weighted by molar-refractivity contribution is -0.304. The highest BCUT2D eigenvalue weighted by atomic mass is 17.2. The van der Waals surface area contributed by atoms with Crippen molar-refractivity contribution in [2.45, 2.75) is 59.0 Å². The van der Waals surface area contributed by atoms with E-state index in [1.54, 1.807) is 0 Å². The van der Waals surface area contributed by atoms with Crippen molar-refractivity contribution in [2.24, 2.45) is 11.8 Å². The number of hydrogen-bond donors (Lipinski definition) is 0. The van der Waals surface area contributed by atoms with E-state index in [0.29, 0.717) is 25.0 Å². The van der Waals surface area contributed by atoms with Crippen LogP contribution >= 0.6 is 0 Å². The average molecular weight is 409 g/mol. The summed E-state index contributed by atoms with van der Waals surface area (Å²) < 4.78 is 6.04. The van der Waals surface area contributed by atoms with Gasteiger partial charge in [0.05, 0.1) is 13.2 Å². The molecule has 1 saturated carbocycles. The monoisotopic (exact) mass is 408 g/mol. The van der Waals surface area contributed by atoms with Crippen LogP contribution in [0.4, 0.5) is 0 Å². The van der Waals surface area contributed by atoms with E-state index < -0.39 is 0 Å². The lowest BCUT2D eigenvalue weighted by Gasteiger charge is -2.26. The summed E-state index contributed by atoms with van der Waals surface area (Å²) in [5, 5.41) is 0. The summed E-state index contributed by atoms with van der Waals surface area (Å²) in [6.07, 6.45) is 11.8. The molecule has 0 saturated heterocycles. The molecule has 0 heterocycles. The van der Waals surface area contributed by atoms with Gasteiger partial charge in [0, 0.05) is 0 Å². The van der Waals surface area contributed by atoms with Crippen molar-refractivity contribution >= 4 is 6.08 Å². The van der Waals surface area contributed by atoms with Crippen LogP contribution < -0.4 is 4.74 Å². The molecule has 0 N–H and O–H groups in total. The quantitative estimate of drug-likeness (QED) is 0.225. The maximum Gasteiger partial charge on any atom is 0.119 e. The number of unbranched alkanes of at least 4 members (excludes halogenated alkanes) is 1. The van der Waals surface area contributed by atoms with Crippen LogP contribution in [-0.2, 0) is 16.4 Å². The van der Waals surface area contributed by atoms with Gasteiger partial charge in [-0.2, -0.15) is 0 Å². The number of ether oxygens (including phenoxy) is 1. The zero-order chi connectivity index (χ0) is 21.0. The summed E-state index contributed by atoms with van der Waals surface area (Å²) in [7, 11) is 0. The molecule has 1 fully saturated rings. The fourth-order valence-corrected chi connectivity index (χ4v) is 3.74. The first-order valence-electron chi connectivity index (χ1n) is 11.4. The topological polar surface area (TPSA) is 27.7 Å². The van der Waals surface area contributed by atoms with Crippen LogP contribution in [0.15, 0.2) is 54.6 Å². The van der Waals surface area contributed by atoms with Crippen molar-refractivity contribution in [3.05, 3.63) is 71.3 Å². The molecule has 0 aromatic heterocycles.